The fourth-order valence-electron chi connectivity index (χ4n) is 2.21. The van der Waals surface area contributed by atoms with E-state index in [1.54, 1.807) is 0 Å². The Bertz CT molecular complexity index is 310. The van der Waals surface area contributed by atoms with Gasteiger partial charge in [-0.3, -0.25) is 0 Å². The summed E-state index contributed by atoms with van der Waals surface area (Å²) in [6.45, 7) is 1.13. The summed E-state index contributed by atoms with van der Waals surface area (Å²) >= 11 is 0. The Balaban J connectivity index is 1.82. The quantitative estimate of drug-likeness (QED) is 0.770. The van der Waals surface area contributed by atoms with Crippen molar-refractivity contribution in [1.82, 2.24) is 20.1 Å². The molecule has 0 spiro atoms. The van der Waals surface area contributed by atoms with Crippen molar-refractivity contribution in [3.05, 3.63) is 12.2 Å². The maximum atomic E-state index is 4.25. The molecule has 4 heteroatoms. The lowest BCUT2D eigenvalue weighted by atomic mass is 10.0. The summed E-state index contributed by atoms with van der Waals surface area (Å²) in [5.74, 6) is 1.16. The van der Waals surface area contributed by atoms with Gasteiger partial charge in [-0.05, 0) is 32.2 Å². The predicted octanol–water partition coefficient (Wildman–Crippen LogP) is 1.43. The first kappa shape index (κ1) is 8.41. The van der Waals surface area contributed by atoms with E-state index in [-0.39, 0.29) is 0 Å². The number of nitrogens with zero attached hydrogens (tertiary/aromatic N) is 3. The van der Waals surface area contributed by atoms with Gasteiger partial charge in [0.1, 0.15) is 12.2 Å². The Morgan fingerprint density at radius 1 is 1.29 bits per heavy atom. The molecule has 1 aromatic heterocycles. The fourth-order valence-corrected chi connectivity index (χ4v) is 2.21. The first-order valence-corrected chi connectivity index (χ1v) is 5.58. The molecule has 1 aromatic rings. The Hall–Kier alpha value is -0.900. The van der Waals surface area contributed by atoms with E-state index in [1.807, 2.05) is 6.33 Å². The molecule has 0 unspecified atom stereocenters. The number of nitrogens with one attached hydrogen (secondary N) is 1. The van der Waals surface area contributed by atoms with Gasteiger partial charge in [-0.15, -0.1) is 10.2 Å². The molecule has 4 nitrogen and oxygen atoms in total. The van der Waals surface area contributed by atoms with Crippen molar-refractivity contribution < 1.29 is 0 Å². The molecule has 2 aliphatic rings. The molecule has 0 amide bonds. The lowest BCUT2D eigenvalue weighted by Crippen LogP contribution is -2.29. The summed E-state index contributed by atoms with van der Waals surface area (Å²) in [6, 6.07) is 1.15. The number of piperidine rings is 1. The van der Waals surface area contributed by atoms with Crippen LogP contribution in [0.3, 0.4) is 0 Å². The Morgan fingerprint density at radius 2 is 2.21 bits per heavy atom. The molecule has 0 aromatic carbocycles. The first-order chi connectivity index (χ1) is 6.95. The largest absolute Gasteiger partial charge is 0.313 e. The van der Waals surface area contributed by atoms with E-state index in [4.69, 9.17) is 0 Å². The van der Waals surface area contributed by atoms with Gasteiger partial charge in [0.15, 0.2) is 0 Å². The molecule has 3 rings (SSSR count). The topological polar surface area (TPSA) is 42.7 Å². The highest BCUT2D eigenvalue weighted by Gasteiger charge is 2.29. The van der Waals surface area contributed by atoms with Crippen molar-refractivity contribution in [3.8, 4) is 0 Å². The van der Waals surface area contributed by atoms with Gasteiger partial charge in [0.05, 0.1) is 6.04 Å². The highest BCUT2D eigenvalue weighted by molar-refractivity contribution is 5.01. The zero-order valence-electron chi connectivity index (χ0n) is 8.32. The monoisotopic (exact) mass is 192 g/mol. The van der Waals surface area contributed by atoms with Crippen LogP contribution in [-0.2, 0) is 0 Å². The van der Waals surface area contributed by atoms with E-state index in [0.29, 0.717) is 12.1 Å². The van der Waals surface area contributed by atoms with Crippen LogP contribution >= 0.6 is 0 Å². The van der Waals surface area contributed by atoms with Gasteiger partial charge in [-0.1, -0.05) is 6.42 Å². The van der Waals surface area contributed by atoms with E-state index in [9.17, 15) is 0 Å². The summed E-state index contributed by atoms with van der Waals surface area (Å²) in [5, 5.41) is 11.8. The highest BCUT2D eigenvalue weighted by Crippen LogP contribution is 2.37. The molecule has 0 bridgehead atoms. The average Bonchev–Trinajstić information content (AvgIpc) is 2.98. The SMILES string of the molecule is c1nnc([C@H]2CCCCN2)n1C1CC1. The van der Waals surface area contributed by atoms with Gasteiger partial charge in [-0.2, -0.15) is 0 Å². The molecule has 2 heterocycles. The van der Waals surface area contributed by atoms with Crippen LogP contribution in [0, 0.1) is 0 Å². The number of hydrogen-bond donors (Lipinski definition) is 1. The molecular weight excluding hydrogens is 176 g/mol. The summed E-state index contributed by atoms with van der Waals surface area (Å²) in [6.07, 6.45) is 8.33. The lowest BCUT2D eigenvalue weighted by Gasteiger charge is -2.22. The molecule has 1 aliphatic carbocycles. The molecule has 2 fully saturated rings. The molecule has 14 heavy (non-hydrogen) atoms. The van der Waals surface area contributed by atoms with Crippen molar-refractivity contribution in [2.75, 3.05) is 6.54 Å². The smallest absolute Gasteiger partial charge is 0.150 e. The van der Waals surface area contributed by atoms with E-state index < -0.39 is 0 Å². The van der Waals surface area contributed by atoms with Gasteiger partial charge in [0.25, 0.3) is 0 Å². The van der Waals surface area contributed by atoms with Gasteiger partial charge >= 0.3 is 0 Å². The summed E-state index contributed by atoms with van der Waals surface area (Å²) < 4.78 is 2.27. The highest BCUT2D eigenvalue weighted by atomic mass is 15.3. The molecule has 1 saturated heterocycles. The third kappa shape index (κ3) is 1.43. The zero-order chi connectivity index (χ0) is 9.38. The van der Waals surface area contributed by atoms with Crippen molar-refractivity contribution in [1.29, 1.82) is 0 Å². The molecule has 1 atom stereocenters. The van der Waals surface area contributed by atoms with E-state index in [2.05, 4.69) is 20.1 Å². The summed E-state index contributed by atoms with van der Waals surface area (Å²) in [4.78, 5) is 0. The fraction of sp³-hybridized carbons (Fsp3) is 0.800. The summed E-state index contributed by atoms with van der Waals surface area (Å²) in [5.41, 5.74) is 0. The normalized spacial score (nSPS) is 27.9. The van der Waals surface area contributed by atoms with Crippen LogP contribution in [0.2, 0.25) is 0 Å². The van der Waals surface area contributed by atoms with Gasteiger partial charge in [0, 0.05) is 6.04 Å². The molecule has 1 aliphatic heterocycles. The van der Waals surface area contributed by atoms with E-state index in [0.717, 1.165) is 12.4 Å². The zero-order valence-corrected chi connectivity index (χ0v) is 8.32. The third-order valence-electron chi connectivity index (χ3n) is 3.16. The summed E-state index contributed by atoms with van der Waals surface area (Å²) in [7, 11) is 0. The van der Waals surface area contributed by atoms with Crippen LogP contribution in [-0.4, -0.2) is 21.3 Å². The number of aromatic nitrogens is 3. The van der Waals surface area contributed by atoms with Crippen molar-refractivity contribution >= 4 is 0 Å². The second kappa shape index (κ2) is 3.35. The molecule has 1 saturated carbocycles. The van der Waals surface area contributed by atoms with Crippen LogP contribution in [0.1, 0.15) is 50.0 Å². The van der Waals surface area contributed by atoms with Crippen molar-refractivity contribution in [2.45, 2.75) is 44.2 Å². The molecule has 76 valence electrons. The van der Waals surface area contributed by atoms with Crippen LogP contribution < -0.4 is 5.32 Å². The second-order valence-electron chi connectivity index (χ2n) is 4.33. The van der Waals surface area contributed by atoms with Gasteiger partial charge < -0.3 is 9.88 Å². The minimum atomic E-state index is 0.451. The second-order valence-corrected chi connectivity index (χ2v) is 4.33. The maximum absolute atomic E-state index is 4.25. The van der Waals surface area contributed by atoms with Crippen LogP contribution in [0.25, 0.3) is 0 Å². The van der Waals surface area contributed by atoms with Crippen molar-refractivity contribution in [2.24, 2.45) is 0 Å². The Morgan fingerprint density at radius 3 is 2.93 bits per heavy atom. The van der Waals surface area contributed by atoms with Crippen molar-refractivity contribution in [3.63, 3.8) is 0 Å². The average molecular weight is 192 g/mol. The van der Waals surface area contributed by atoms with Crippen LogP contribution in [0.5, 0.6) is 0 Å². The minimum absolute atomic E-state index is 0.451. The molecule has 0 radical (unpaired) electrons. The predicted molar refractivity (Wildman–Crippen MR) is 52.9 cm³/mol. The molecular formula is C10H16N4. The van der Waals surface area contributed by atoms with Crippen LogP contribution in [0.4, 0.5) is 0 Å². The lowest BCUT2D eigenvalue weighted by molar-refractivity contribution is 0.385. The van der Waals surface area contributed by atoms with E-state index in [1.165, 1.54) is 32.1 Å². The standard InChI is InChI=1S/C10H16N4/c1-2-6-11-9(3-1)10-13-12-7-14(10)8-4-5-8/h7-9,11H,1-6H2/t9-/m1/s1. The minimum Gasteiger partial charge on any atom is -0.313 e. The Labute approximate surface area is 83.7 Å². The third-order valence-corrected chi connectivity index (χ3v) is 3.16. The maximum Gasteiger partial charge on any atom is 0.150 e. The number of rotatable bonds is 2. The van der Waals surface area contributed by atoms with Gasteiger partial charge in [0.2, 0.25) is 0 Å². The van der Waals surface area contributed by atoms with Crippen LogP contribution in [0.15, 0.2) is 6.33 Å². The number of hydrogen-bond acceptors (Lipinski definition) is 3. The van der Waals surface area contributed by atoms with E-state index >= 15 is 0 Å². The van der Waals surface area contributed by atoms with Gasteiger partial charge in [-0.25, -0.2) is 0 Å². The Kier molecular flexibility index (Phi) is 2.01. The molecule has 1 N–H and O–H groups in total. The first-order valence-electron chi connectivity index (χ1n) is 5.58.